The summed E-state index contributed by atoms with van der Waals surface area (Å²) in [6.07, 6.45) is 7.04. The van der Waals surface area contributed by atoms with Gasteiger partial charge in [0.15, 0.2) is 0 Å². The van der Waals surface area contributed by atoms with Crippen molar-refractivity contribution in [2.45, 2.75) is 38.6 Å². The molecule has 0 radical (unpaired) electrons. The van der Waals surface area contributed by atoms with Gasteiger partial charge in [0.1, 0.15) is 0 Å². The van der Waals surface area contributed by atoms with E-state index >= 15 is 0 Å². The van der Waals surface area contributed by atoms with Gasteiger partial charge in [0.25, 0.3) is 0 Å². The lowest BCUT2D eigenvalue weighted by Gasteiger charge is -2.22. The number of rotatable bonds is 4. The van der Waals surface area contributed by atoms with Crippen molar-refractivity contribution in [3.05, 3.63) is 28.5 Å². The maximum Gasteiger partial charge on any atom is 0.0420 e. The number of hydrogen-bond acceptors (Lipinski definition) is 2. The molecule has 2 nitrogen and oxygen atoms in total. The van der Waals surface area contributed by atoms with Crippen LogP contribution in [-0.4, -0.2) is 18.1 Å². The van der Waals surface area contributed by atoms with Crippen LogP contribution < -0.4 is 5.32 Å². The Morgan fingerprint density at radius 1 is 1.47 bits per heavy atom. The molecule has 1 aliphatic carbocycles. The fourth-order valence-electron chi connectivity index (χ4n) is 2.87. The largest absolute Gasteiger partial charge is 0.316 e. The van der Waals surface area contributed by atoms with Crippen LogP contribution in [0.3, 0.4) is 0 Å². The molecular weight excluding hydrogens is 276 g/mol. The highest BCUT2D eigenvalue weighted by Crippen LogP contribution is 2.33. The van der Waals surface area contributed by atoms with E-state index in [1.165, 1.54) is 25.0 Å². The van der Waals surface area contributed by atoms with E-state index in [0.717, 1.165) is 22.7 Å². The summed E-state index contributed by atoms with van der Waals surface area (Å²) in [5.74, 6) is 1.72. The Bertz CT molecular complexity index is 350. The number of nitrogens with zero attached hydrogens (tertiary/aromatic N) is 1. The van der Waals surface area contributed by atoms with Gasteiger partial charge < -0.3 is 5.32 Å². The lowest BCUT2D eigenvalue weighted by molar-refractivity contribution is 0.365. The van der Waals surface area contributed by atoms with Crippen LogP contribution in [0.15, 0.2) is 22.8 Å². The average molecular weight is 297 g/mol. The van der Waals surface area contributed by atoms with Crippen molar-refractivity contribution in [1.29, 1.82) is 0 Å². The van der Waals surface area contributed by atoms with Gasteiger partial charge in [-0.1, -0.05) is 13.3 Å². The lowest BCUT2D eigenvalue weighted by atomic mass is 9.93. The molecule has 1 saturated carbocycles. The van der Waals surface area contributed by atoms with Crippen LogP contribution in [-0.2, 0) is 6.42 Å². The molecule has 1 aromatic heterocycles. The van der Waals surface area contributed by atoms with E-state index in [2.05, 4.69) is 52.3 Å². The van der Waals surface area contributed by atoms with Crippen molar-refractivity contribution in [3.8, 4) is 0 Å². The van der Waals surface area contributed by atoms with Gasteiger partial charge in [-0.3, -0.25) is 4.98 Å². The Morgan fingerprint density at radius 2 is 2.29 bits per heavy atom. The van der Waals surface area contributed by atoms with Gasteiger partial charge in [-0.25, -0.2) is 0 Å². The monoisotopic (exact) mass is 296 g/mol. The maximum absolute atomic E-state index is 4.47. The van der Waals surface area contributed by atoms with Crippen LogP contribution in [0.25, 0.3) is 0 Å². The predicted octanol–water partition coefficient (Wildman–Crippen LogP) is 3.41. The number of halogens is 1. The average Bonchev–Trinajstić information content (AvgIpc) is 2.75. The first-order valence-electron chi connectivity index (χ1n) is 6.46. The first-order chi connectivity index (χ1) is 8.19. The number of nitrogens with one attached hydrogen (secondary N) is 1. The minimum Gasteiger partial charge on any atom is -0.316 e. The van der Waals surface area contributed by atoms with E-state index < -0.39 is 0 Å². The Balaban J connectivity index is 1.97. The second kappa shape index (κ2) is 5.96. The molecule has 17 heavy (non-hydrogen) atoms. The summed E-state index contributed by atoms with van der Waals surface area (Å²) < 4.78 is 1.05. The van der Waals surface area contributed by atoms with Crippen molar-refractivity contribution < 1.29 is 0 Å². The third-order valence-corrected chi connectivity index (χ3v) is 4.36. The Morgan fingerprint density at radius 3 is 2.82 bits per heavy atom. The fraction of sp³-hybridized carbons (Fsp3) is 0.643. The van der Waals surface area contributed by atoms with Crippen LogP contribution in [0.4, 0.5) is 0 Å². The molecule has 1 N–H and O–H groups in total. The normalized spacial score (nSPS) is 26.1. The molecule has 0 aromatic carbocycles. The number of aromatic nitrogens is 1. The van der Waals surface area contributed by atoms with Gasteiger partial charge in [-0.05, 0) is 59.8 Å². The molecular formula is C14H21BrN2. The summed E-state index contributed by atoms with van der Waals surface area (Å²) in [7, 11) is 2.08. The topological polar surface area (TPSA) is 24.9 Å². The zero-order valence-electron chi connectivity index (χ0n) is 10.6. The zero-order chi connectivity index (χ0) is 12.3. The molecule has 3 atom stereocenters. The van der Waals surface area contributed by atoms with Gasteiger partial charge >= 0.3 is 0 Å². The molecule has 1 aromatic rings. The first kappa shape index (κ1) is 13.0. The van der Waals surface area contributed by atoms with Gasteiger partial charge in [-0.15, -0.1) is 0 Å². The SMILES string of the molecule is CNC(Cc1ccc(Br)cn1)C1CCC(C)C1. The van der Waals surface area contributed by atoms with Crippen LogP contribution in [0.5, 0.6) is 0 Å². The zero-order valence-corrected chi connectivity index (χ0v) is 12.2. The minimum atomic E-state index is 0.577. The van der Waals surface area contributed by atoms with Crippen molar-refractivity contribution in [2.24, 2.45) is 11.8 Å². The molecule has 1 fully saturated rings. The second-order valence-electron chi connectivity index (χ2n) is 5.25. The number of pyridine rings is 1. The van der Waals surface area contributed by atoms with Gasteiger partial charge in [0.05, 0.1) is 0 Å². The summed E-state index contributed by atoms with van der Waals surface area (Å²) in [5.41, 5.74) is 1.19. The Hall–Kier alpha value is -0.410. The lowest BCUT2D eigenvalue weighted by Crippen LogP contribution is -2.34. The molecule has 1 heterocycles. The van der Waals surface area contributed by atoms with Crippen molar-refractivity contribution in [2.75, 3.05) is 7.05 Å². The standard InChI is InChI=1S/C14H21BrN2/c1-10-3-4-11(7-10)14(16-2)8-13-6-5-12(15)9-17-13/h5-6,9-11,14,16H,3-4,7-8H2,1-2H3. The second-order valence-corrected chi connectivity index (χ2v) is 6.16. The number of likely N-dealkylation sites (N-methyl/N-ethyl adjacent to an activating group) is 1. The molecule has 0 spiro atoms. The molecule has 3 heteroatoms. The molecule has 0 saturated heterocycles. The molecule has 3 unspecified atom stereocenters. The van der Waals surface area contributed by atoms with Crippen LogP contribution in [0.1, 0.15) is 31.9 Å². The highest BCUT2D eigenvalue weighted by Gasteiger charge is 2.28. The summed E-state index contributed by atoms with van der Waals surface area (Å²) in [5, 5.41) is 3.48. The third kappa shape index (κ3) is 3.52. The molecule has 1 aliphatic rings. The van der Waals surface area contributed by atoms with Gasteiger partial charge in [-0.2, -0.15) is 0 Å². The molecule has 94 valence electrons. The predicted molar refractivity (Wildman–Crippen MR) is 75.0 cm³/mol. The maximum atomic E-state index is 4.47. The Labute approximate surface area is 112 Å². The quantitative estimate of drug-likeness (QED) is 0.921. The molecule has 0 amide bonds. The van der Waals surface area contributed by atoms with E-state index in [4.69, 9.17) is 0 Å². The summed E-state index contributed by atoms with van der Waals surface area (Å²) in [4.78, 5) is 4.47. The van der Waals surface area contributed by atoms with Crippen molar-refractivity contribution in [1.82, 2.24) is 10.3 Å². The van der Waals surface area contributed by atoms with Crippen LogP contribution in [0.2, 0.25) is 0 Å². The van der Waals surface area contributed by atoms with Crippen LogP contribution >= 0.6 is 15.9 Å². The highest BCUT2D eigenvalue weighted by molar-refractivity contribution is 9.10. The van der Waals surface area contributed by atoms with Crippen molar-refractivity contribution >= 4 is 15.9 Å². The third-order valence-electron chi connectivity index (χ3n) is 3.89. The van der Waals surface area contributed by atoms with Crippen molar-refractivity contribution in [3.63, 3.8) is 0 Å². The Kier molecular flexibility index (Phi) is 4.57. The van der Waals surface area contributed by atoms with Crippen LogP contribution in [0, 0.1) is 11.8 Å². The smallest absolute Gasteiger partial charge is 0.0420 e. The molecule has 0 aliphatic heterocycles. The van der Waals surface area contributed by atoms with E-state index in [1.54, 1.807) is 0 Å². The minimum absolute atomic E-state index is 0.577. The molecule has 2 rings (SSSR count). The highest BCUT2D eigenvalue weighted by atomic mass is 79.9. The summed E-state index contributed by atoms with van der Waals surface area (Å²) in [6, 6.07) is 4.77. The first-order valence-corrected chi connectivity index (χ1v) is 7.26. The van der Waals surface area contributed by atoms with Gasteiger partial charge in [0.2, 0.25) is 0 Å². The van der Waals surface area contributed by atoms with E-state index in [9.17, 15) is 0 Å². The van der Waals surface area contributed by atoms with E-state index in [0.29, 0.717) is 6.04 Å². The van der Waals surface area contributed by atoms with E-state index in [1.807, 2.05) is 6.20 Å². The molecule has 0 bridgehead atoms. The van der Waals surface area contributed by atoms with E-state index in [-0.39, 0.29) is 0 Å². The van der Waals surface area contributed by atoms with Gasteiger partial charge in [0, 0.05) is 28.8 Å². The fourth-order valence-corrected chi connectivity index (χ4v) is 3.11. The summed E-state index contributed by atoms with van der Waals surface area (Å²) in [6.45, 7) is 2.37. The number of hydrogen-bond donors (Lipinski definition) is 1. The summed E-state index contributed by atoms with van der Waals surface area (Å²) >= 11 is 3.42.